The first-order valence-electron chi connectivity index (χ1n) is 8.89. The molecule has 0 atom stereocenters. The fourth-order valence-corrected chi connectivity index (χ4v) is 4.42. The van der Waals surface area contributed by atoms with E-state index in [0.717, 1.165) is 54.4 Å². The molecule has 2 aliphatic heterocycles. The van der Waals surface area contributed by atoms with Crippen molar-refractivity contribution in [2.24, 2.45) is 0 Å². The van der Waals surface area contributed by atoms with E-state index < -0.39 is 0 Å². The summed E-state index contributed by atoms with van der Waals surface area (Å²) in [4.78, 5) is 23.5. The van der Waals surface area contributed by atoms with Gasteiger partial charge in [0.05, 0.1) is 17.2 Å². The summed E-state index contributed by atoms with van der Waals surface area (Å²) in [6.07, 6.45) is 1.74. The molecule has 0 saturated carbocycles. The fraction of sp³-hybridized carbons (Fsp3) is 0.300. The molecule has 5 nitrogen and oxygen atoms in total. The van der Waals surface area contributed by atoms with E-state index in [1.54, 1.807) is 11.3 Å². The molecule has 0 spiro atoms. The van der Waals surface area contributed by atoms with E-state index in [9.17, 15) is 4.79 Å². The van der Waals surface area contributed by atoms with E-state index >= 15 is 0 Å². The van der Waals surface area contributed by atoms with Crippen LogP contribution in [0.25, 0.3) is 10.7 Å². The van der Waals surface area contributed by atoms with E-state index in [4.69, 9.17) is 9.72 Å². The Kier molecular flexibility index (Phi) is 3.87. The van der Waals surface area contributed by atoms with Gasteiger partial charge in [0.1, 0.15) is 5.75 Å². The molecule has 0 unspecified atom stereocenters. The van der Waals surface area contributed by atoms with Crippen molar-refractivity contribution < 1.29 is 4.74 Å². The number of fused-ring (bicyclic) bond motifs is 2. The summed E-state index contributed by atoms with van der Waals surface area (Å²) >= 11 is 1.59. The third-order valence-corrected chi connectivity index (χ3v) is 5.94. The minimum absolute atomic E-state index is 0.00716. The molecule has 3 aromatic rings. The van der Waals surface area contributed by atoms with Crippen LogP contribution < -0.4 is 10.3 Å². The van der Waals surface area contributed by atoms with Gasteiger partial charge in [0, 0.05) is 31.6 Å². The molecule has 0 aliphatic carbocycles. The predicted molar refractivity (Wildman–Crippen MR) is 102 cm³/mol. The number of benzene rings is 1. The highest BCUT2D eigenvalue weighted by molar-refractivity contribution is 7.13. The Morgan fingerprint density at radius 3 is 3.12 bits per heavy atom. The molecule has 4 heterocycles. The average Bonchev–Trinajstić information content (AvgIpc) is 3.33. The molecule has 0 bridgehead atoms. The molecule has 0 amide bonds. The molecule has 2 aliphatic rings. The van der Waals surface area contributed by atoms with Gasteiger partial charge in [0.2, 0.25) is 0 Å². The topological polar surface area (TPSA) is 58.2 Å². The number of aromatic nitrogens is 2. The summed E-state index contributed by atoms with van der Waals surface area (Å²) < 4.78 is 5.59. The number of nitrogens with zero attached hydrogens (tertiary/aromatic N) is 2. The minimum atomic E-state index is 0.00716. The van der Waals surface area contributed by atoms with Crippen molar-refractivity contribution in [1.82, 2.24) is 14.9 Å². The lowest BCUT2D eigenvalue weighted by atomic mass is 10.0. The second kappa shape index (κ2) is 6.37. The van der Waals surface area contributed by atoms with Crippen LogP contribution in [0.1, 0.15) is 22.4 Å². The van der Waals surface area contributed by atoms with Crippen molar-refractivity contribution in [3.05, 3.63) is 68.4 Å². The van der Waals surface area contributed by atoms with Crippen molar-refractivity contribution in [2.45, 2.75) is 25.9 Å². The number of nitrogens with one attached hydrogen (secondary N) is 1. The number of ether oxygens (including phenoxy) is 1. The van der Waals surface area contributed by atoms with Crippen LogP contribution in [0.5, 0.6) is 5.75 Å². The van der Waals surface area contributed by atoms with Gasteiger partial charge in [-0.3, -0.25) is 9.69 Å². The molecule has 26 heavy (non-hydrogen) atoms. The molecule has 132 valence electrons. The molecule has 1 N–H and O–H groups in total. The second-order valence-corrected chi connectivity index (χ2v) is 7.77. The number of hydrogen-bond acceptors (Lipinski definition) is 5. The highest BCUT2D eigenvalue weighted by Crippen LogP contribution is 2.27. The maximum atomic E-state index is 12.4. The van der Waals surface area contributed by atoms with Crippen LogP contribution in [0.4, 0.5) is 0 Å². The summed E-state index contributed by atoms with van der Waals surface area (Å²) in [5, 5.41) is 2.00. The zero-order valence-electron chi connectivity index (χ0n) is 14.3. The van der Waals surface area contributed by atoms with Gasteiger partial charge in [-0.2, -0.15) is 0 Å². The van der Waals surface area contributed by atoms with E-state index in [1.807, 2.05) is 17.5 Å². The Morgan fingerprint density at radius 2 is 2.23 bits per heavy atom. The molecule has 0 saturated heterocycles. The summed E-state index contributed by atoms with van der Waals surface area (Å²) in [5.41, 5.74) is 4.35. The zero-order chi connectivity index (χ0) is 17.5. The van der Waals surface area contributed by atoms with Crippen LogP contribution in [0.15, 0.2) is 40.5 Å². The monoisotopic (exact) mass is 365 g/mol. The first kappa shape index (κ1) is 15.8. The summed E-state index contributed by atoms with van der Waals surface area (Å²) in [7, 11) is 0. The average molecular weight is 365 g/mol. The maximum absolute atomic E-state index is 12.4. The maximum Gasteiger partial charge on any atom is 0.254 e. The van der Waals surface area contributed by atoms with Crippen molar-refractivity contribution in [3.63, 3.8) is 0 Å². The third-order valence-electron chi connectivity index (χ3n) is 5.07. The number of H-pyrrole nitrogens is 1. The predicted octanol–water partition coefficient (Wildman–Crippen LogP) is 2.99. The van der Waals surface area contributed by atoms with E-state index in [2.05, 4.69) is 28.1 Å². The first-order valence-corrected chi connectivity index (χ1v) is 9.77. The van der Waals surface area contributed by atoms with E-state index in [1.165, 1.54) is 11.1 Å². The van der Waals surface area contributed by atoms with Crippen LogP contribution >= 0.6 is 11.3 Å². The number of aromatic amines is 1. The normalized spacial score (nSPS) is 16.2. The number of thiophene rings is 1. The molecule has 5 rings (SSSR count). The molecule has 2 aromatic heterocycles. The van der Waals surface area contributed by atoms with Gasteiger partial charge in [-0.15, -0.1) is 11.3 Å². The summed E-state index contributed by atoms with van der Waals surface area (Å²) in [6, 6.07) is 10.4. The van der Waals surface area contributed by atoms with Crippen LogP contribution in [-0.2, 0) is 25.9 Å². The minimum Gasteiger partial charge on any atom is -0.493 e. The van der Waals surface area contributed by atoms with Crippen LogP contribution in [0.3, 0.4) is 0 Å². The molecule has 0 fully saturated rings. The summed E-state index contributed by atoms with van der Waals surface area (Å²) in [6.45, 7) is 3.25. The molecule has 1 aromatic carbocycles. The lowest BCUT2D eigenvalue weighted by Crippen LogP contribution is -2.35. The Hall–Kier alpha value is -2.44. The van der Waals surface area contributed by atoms with Crippen LogP contribution in [0, 0.1) is 0 Å². The quantitative estimate of drug-likeness (QED) is 0.775. The van der Waals surface area contributed by atoms with Gasteiger partial charge >= 0.3 is 0 Å². The van der Waals surface area contributed by atoms with Crippen LogP contribution in [-0.4, -0.2) is 28.0 Å². The van der Waals surface area contributed by atoms with Gasteiger partial charge in [-0.25, -0.2) is 4.98 Å². The van der Waals surface area contributed by atoms with Crippen molar-refractivity contribution in [3.8, 4) is 16.5 Å². The Labute approximate surface area is 155 Å². The van der Waals surface area contributed by atoms with E-state index in [-0.39, 0.29) is 5.56 Å². The van der Waals surface area contributed by atoms with Gasteiger partial charge in [0.25, 0.3) is 5.56 Å². The zero-order valence-corrected chi connectivity index (χ0v) is 15.1. The van der Waals surface area contributed by atoms with Crippen molar-refractivity contribution in [2.75, 3.05) is 13.2 Å². The van der Waals surface area contributed by atoms with Crippen molar-refractivity contribution >= 4 is 11.3 Å². The van der Waals surface area contributed by atoms with Crippen molar-refractivity contribution in [1.29, 1.82) is 0 Å². The number of hydrogen-bond donors (Lipinski definition) is 1. The molecule has 6 heteroatoms. The van der Waals surface area contributed by atoms with Gasteiger partial charge in [0.15, 0.2) is 5.82 Å². The number of rotatable bonds is 3. The Balaban J connectivity index is 1.40. The second-order valence-electron chi connectivity index (χ2n) is 6.82. The van der Waals surface area contributed by atoms with Gasteiger partial charge in [-0.05, 0) is 35.1 Å². The highest BCUT2D eigenvalue weighted by Gasteiger charge is 2.22. The van der Waals surface area contributed by atoms with Gasteiger partial charge < -0.3 is 9.72 Å². The Bertz CT molecular complexity index is 1010. The molecular weight excluding hydrogens is 346 g/mol. The lowest BCUT2D eigenvalue weighted by Gasteiger charge is -2.27. The van der Waals surface area contributed by atoms with Gasteiger partial charge in [-0.1, -0.05) is 18.2 Å². The third kappa shape index (κ3) is 2.85. The SMILES string of the molecule is O=c1[nH]c(-c2cccs2)nc2c1CCN(Cc1ccc3c(c1)CCO3)C2. The molecular formula is C20H19N3O2S. The van der Waals surface area contributed by atoms with E-state index in [0.29, 0.717) is 12.4 Å². The highest BCUT2D eigenvalue weighted by atomic mass is 32.1. The standard InChI is InChI=1S/C20H19N3O2S/c24-20-15-5-7-23(11-13-3-4-17-14(10-13)6-8-25-17)12-16(15)21-19(22-20)18-2-1-9-26-18/h1-4,9-10H,5-8,11-12H2,(H,21,22,24). The van der Waals surface area contributed by atoms with Crippen LogP contribution in [0.2, 0.25) is 0 Å². The molecule has 0 radical (unpaired) electrons. The largest absolute Gasteiger partial charge is 0.493 e. The smallest absolute Gasteiger partial charge is 0.254 e. The first-order chi connectivity index (χ1) is 12.8. The fourth-order valence-electron chi connectivity index (χ4n) is 3.76. The Morgan fingerprint density at radius 1 is 1.27 bits per heavy atom. The lowest BCUT2D eigenvalue weighted by molar-refractivity contribution is 0.240. The summed E-state index contributed by atoms with van der Waals surface area (Å²) in [5.74, 6) is 1.70.